The van der Waals surface area contributed by atoms with Gasteiger partial charge in [-0.2, -0.15) is 11.8 Å². The van der Waals surface area contributed by atoms with E-state index in [9.17, 15) is 14.4 Å². The number of amides is 2. The fourth-order valence-corrected chi connectivity index (χ4v) is 2.73. The topological polar surface area (TPSA) is 84.5 Å². The van der Waals surface area contributed by atoms with Crippen LogP contribution in [0.1, 0.15) is 38.1 Å². The van der Waals surface area contributed by atoms with Gasteiger partial charge in [-0.15, -0.1) is 0 Å². The van der Waals surface area contributed by atoms with Gasteiger partial charge in [0.15, 0.2) is 0 Å². The number of carbonyl (C=O) groups excluding carboxylic acids is 3. The molecule has 0 aliphatic carbocycles. The van der Waals surface area contributed by atoms with E-state index in [0.717, 1.165) is 0 Å². The summed E-state index contributed by atoms with van der Waals surface area (Å²) in [6.07, 6.45) is 0. The third-order valence-electron chi connectivity index (χ3n) is 3.03. The zero-order valence-electron chi connectivity index (χ0n) is 15.1. The zero-order chi connectivity index (χ0) is 18.9. The van der Waals surface area contributed by atoms with Crippen molar-refractivity contribution in [2.45, 2.75) is 38.5 Å². The van der Waals surface area contributed by atoms with E-state index in [0.29, 0.717) is 11.3 Å². The van der Waals surface area contributed by atoms with E-state index in [4.69, 9.17) is 4.74 Å². The Balaban J connectivity index is 2.55. The van der Waals surface area contributed by atoms with Gasteiger partial charge in [0, 0.05) is 16.1 Å². The first-order chi connectivity index (χ1) is 11.7. The van der Waals surface area contributed by atoms with Gasteiger partial charge in [-0.25, -0.2) is 4.79 Å². The minimum Gasteiger partial charge on any atom is -0.464 e. The number of benzene rings is 1. The Bertz CT molecular complexity index is 584. The molecule has 1 aromatic rings. The van der Waals surface area contributed by atoms with E-state index >= 15 is 0 Å². The van der Waals surface area contributed by atoms with E-state index in [-0.39, 0.29) is 23.8 Å². The van der Waals surface area contributed by atoms with E-state index < -0.39 is 17.9 Å². The smallest absolute Gasteiger partial charge is 0.329 e. The summed E-state index contributed by atoms with van der Waals surface area (Å²) in [5, 5.41) is 5.17. The van der Waals surface area contributed by atoms with Gasteiger partial charge in [-0.1, -0.05) is 39.0 Å². The predicted molar refractivity (Wildman–Crippen MR) is 99.5 cm³/mol. The van der Waals surface area contributed by atoms with Crippen LogP contribution in [0.25, 0.3) is 0 Å². The molecule has 0 spiro atoms. The molecule has 0 saturated carbocycles. The second-order valence-corrected chi connectivity index (χ2v) is 8.19. The number of ether oxygens (including phenoxy) is 1. The average molecular weight is 366 g/mol. The molecule has 0 aliphatic rings. The number of hydrogen-bond acceptors (Lipinski definition) is 5. The van der Waals surface area contributed by atoms with Crippen LogP contribution >= 0.6 is 11.8 Å². The molecule has 0 bridgehead atoms. The van der Waals surface area contributed by atoms with Gasteiger partial charge in [0.25, 0.3) is 5.91 Å². The van der Waals surface area contributed by atoms with Crippen LogP contribution in [-0.2, 0) is 14.3 Å². The molecule has 1 aromatic carbocycles. The van der Waals surface area contributed by atoms with Crippen LogP contribution in [0.4, 0.5) is 0 Å². The fraction of sp³-hybridized carbons (Fsp3) is 0.500. The maximum Gasteiger partial charge on any atom is 0.329 e. The van der Waals surface area contributed by atoms with Gasteiger partial charge in [0.2, 0.25) is 5.91 Å². The van der Waals surface area contributed by atoms with Crippen molar-refractivity contribution in [2.75, 3.05) is 18.9 Å². The molecule has 7 heteroatoms. The molecule has 2 amide bonds. The molecule has 0 aromatic heterocycles. The Morgan fingerprint density at radius 1 is 1.16 bits per heavy atom. The van der Waals surface area contributed by atoms with Gasteiger partial charge in [-0.05, 0) is 19.1 Å². The average Bonchev–Trinajstić information content (AvgIpc) is 2.56. The molecule has 0 aliphatic heterocycles. The minimum absolute atomic E-state index is 0.0446. The third-order valence-corrected chi connectivity index (χ3v) is 4.40. The Labute approximate surface area is 153 Å². The molecule has 0 fully saturated rings. The highest BCUT2D eigenvalue weighted by atomic mass is 32.2. The normalized spacial score (nSPS) is 12.2. The quantitative estimate of drug-likeness (QED) is 0.688. The van der Waals surface area contributed by atoms with Crippen molar-refractivity contribution < 1.29 is 19.1 Å². The number of thioether (sulfide) groups is 1. The fourth-order valence-electron chi connectivity index (χ4n) is 1.84. The number of nitrogens with one attached hydrogen (secondary N) is 2. The lowest BCUT2D eigenvalue weighted by molar-refractivity contribution is -0.146. The number of hydrogen-bond donors (Lipinski definition) is 2. The Morgan fingerprint density at radius 3 is 2.36 bits per heavy atom. The summed E-state index contributed by atoms with van der Waals surface area (Å²) in [6, 6.07) is 7.87. The van der Waals surface area contributed by atoms with Crippen LogP contribution in [-0.4, -0.2) is 47.5 Å². The van der Waals surface area contributed by atoms with Crippen molar-refractivity contribution >= 4 is 29.5 Å². The van der Waals surface area contributed by atoms with Crippen LogP contribution in [0.2, 0.25) is 0 Å². The highest BCUT2D eigenvalue weighted by molar-refractivity contribution is 8.00. The van der Waals surface area contributed by atoms with Crippen molar-refractivity contribution in [3.05, 3.63) is 35.9 Å². The van der Waals surface area contributed by atoms with E-state index in [1.54, 1.807) is 49.0 Å². The highest BCUT2D eigenvalue weighted by Crippen LogP contribution is 2.23. The third kappa shape index (κ3) is 8.58. The standard InChI is InChI=1S/C18H26N2O4S/c1-5-24-17(23)14(12-25-18(2,3)4)20-15(21)11-19-16(22)13-9-7-6-8-10-13/h6-10,14H,5,11-12H2,1-4H3,(H,19,22)(H,20,21). The summed E-state index contributed by atoms with van der Waals surface area (Å²) >= 11 is 1.56. The summed E-state index contributed by atoms with van der Waals surface area (Å²) in [4.78, 5) is 36.0. The van der Waals surface area contributed by atoms with E-state index in [1.807, 2.05) is 20.8 Å². The molecule has 2 N–H and O–H groups in total. The van der Waals surface area contributed by atoms with Crippen molar-refractivity contribution in [3.63, 3.8) is 0 Å². The molecule has 0 saturated heterocycles. The second kappa shape index (κ2) is 10.1. The predicted octanol–water partition coefficient (Wildman–Crippen LogP) is 2.00. The molecule has 138 valence electrons. The molecule has 0 heterocycles. The molecule has 1 unspecified atom stereocenters. The van der Waals surface area contributed by atoms with Crippen LogP contribution in [0.5, 0.6) is 0 Å². The highest BCUT2D eigenvalue weighted by Gasteiger charge is 2.25. The maximum absolute atomic E-state index is 12.1. The summed E-state index contributed by atoms with van der Waals surface area (Å²) in [6.45, 7) is 7.85. The summed E-state index contributed by atoms with van der Waals surface area (Å²) < 4.78 is 4.97. The Kier molecular flexibility index (Phi) is 8.48. The molecule has 25 heavy (non-hydrogen) atoms. The van der Waals surface area contributed by atoms with Gasteiger partial charge in [0.1, 0.15) is 6.04 Å². The van der Waals surface area contributed by atoms with E-state index in [1.165, 1.54) is 0 Å². The minimum atomic E-state index is -0.745. The molecular weight excluding hydrogens is 340 g/mol. The first kappa shape index (κ1) is 21.0. The largest absolute Gasteiger partial charge is 0.464 e. The van der Waals surface area contributed by atoms with Gasteiger partial charge >= 0.3 is 5.97 Å². The molecule has 6 nitrogen and oxygen atoms in total. The lowest BCUT2D eigenvalue weighted by Gasteiger charge is -2.22. The second-order valence-electron chi connectivity index (χ2n) is 6.34. The first-order valence-electron chi connectivity index (χ1n) is 8.16. The molecule has 1 rings (SSSR count). The van der Waals surface area contributed by atoms with Crippen molar-refractivity contribution in [3.8, 4) is 0 Å². The van der Waals surface area contributed by atoms with Gasteiger partial charge < -0.3 is 15.4 Å². The summed E-state index contributed by atoms with van der Waals surface area (Å²) in [5.41, 5.74) is 0.473. The molecule has 0 radical (unpaired) electrons. The number of rotatable bonds is 8. The maximum atomic E-state index is 12.1. The van der Waals surface area contributed by atoms with Crippen molar-refractivity contribution in [2.24, 2.45) is 0 Å². The lowest BCUT2D eigenvalue weighted by atomic mass is 10.2. The van der Waals surface area contributed by atoms with E-state index in [2.05, 4.69) is 10.6 Å². The van der Waals surface area contributed by atoms with Crippen LogP contribution in [0.3, 0.4) is 0 Å². The summed E-state index contributed by atoms with van der Waals surface area (Å²) in [5.74, 6) is -0.841. The summed E-state index contributed by atoms with van der Waals surface area (Å²) in [7, 11) is 0. The van der Waals surface area contributed by atoms with Gasteiger partial charge in [0.05, 0.1) is 13.2 Å². The zero-order valence-corrected chi connectivity index (χ0v) is 15.9. The Morgan fingerprint density at radius 2 is 1.80 bits per heavy atom. The Hall–Kier alpha value is -2.02. The SMILES string of the molecule is CCOC(=O)C(CSC(C)(C)C)NC(=O)CNC(=O)c1ccccc1. The molecular formula is C18H26N2O4S. The van der Waals surface area contributed by atoms with Crippen molar-refractivity contribution in [1.82, 2.24) is 10.6 Å². The number of esters is 1. The van der Waals surface area contributed by atoms with Gasteiger partial charge in [-0.3, -0.25) is 9.59 Å². The van der Waals surface area contributed by atoms with Crippen molar-refractivity contribution in [1.29, 1.82) is 0 Å². The van der Waals surface area contributed by atoms with Crippen LogP contribution in [0, 0.1) is 0 Å². The lowest BCUT2D eigenvalue weighted by Crippen LogP contribution is -2.47. The first-order valence-corrected chi connectivity index (χ1v) is 9.14. The monoisotopic (exact) mass is 366 g/mol. The molecule has 1 atom stereocenters. The van der Waals surface area contributed by atoms with Crippen LogP contribution in [0.15, 0.2) is 30.3 Å². The van der Waals surface area contributed by atoms with Crippen LogP contribution < -0.4 is 10.6 Å². The number of carbonyl (C=O) groups is 3.